The number of nitrogens with one attached hydrogen (secondary N) is 1. The van der Waals surface area contributed by atoms with Gasteiger partial charge in [-0.2, -0.15) is 11.8 Å². The SMILES string of the molecule is COCC(NCC(C)(O)CSC)C1CC1. The Balaban J connectivity index is 2.25. The summed E-state index contributed by atoms with van der Waals surface area (Å²) in [6.45, 7) is 3.28. The number of rotatable bonds is 8. The molecule has 0 aliphatic heterocycles. The fraction of sp³-hybridized carbons (Fsp3) is 1.00. The van der Waals surface area contributed by atoms with Crippen molar-refractivity contribution in [3.05, 3.63) is 0 Å². The lowest BCUT2D eigenvalue weighted by Gasteiger charge is -2.26. The van der Waals surface area contributed by atoms with Crippen LogP contribution in [0.15, 0.2) is 0 Å². The summed E-state index contributed by atoms with van der Waals surface area (Å²) in [7, 11) is 1.73. The number of ether oxygens (including phenoxy) is 1. The molecule has 4 heteroatoms. The van der Waals surface area contributed by atoms with Gasteiger partial charge in [0.05, 0.1) is 12.2 Å². The van der Waals surface area contributed by atoms with Crippen molar-refractivity contribution >= 4 is 11.8 Å². The second-order valence-electron chi connectivity index (χ2n) is 4.71. The van der Waals surface area contributed by atoms with Gasteiger partial charge in [0.1, 0.15) is 0 Å². The van der Waals surface area contributed by atoms with Crippen LogP contribution in [0.4, 0.5) is 0 Å². The first-order valence-electron chi connectivity index (χ1n) is 5.52. The largest absolute Gasteiger partial charge is 0.388 e. The minimum absolute atomic E-state index is 0.420. The van der Waals surface area contributed by atoms with Crippen LogP contribution in [-0.4, -0.2) is 49.0 Å². The zero-order valence-electron chi connectivity index (χ0n) is 9.95. The first-order valence-corrected chi connectivity index (χ1v) is 6.92. The number of hydrogen-bond acceptors (Lipinski definition) is 4. The van der Waals surface area contributed by atoms with E-state index in [4.69, 9.17) is 4.74 Å². The molecule has 2 N–H and O–H groups in total. The molecule has 0 amide bonds. The average molecular weight is 233 g/mol. The van der Waals surface area contributed by atoms with Gasteiger partial charge in [0.2, 0.25) is 0 Å². The van der Waals surface area contributed by atoms with Crippen molar-refractivity contribution in [2.24, 2.45) is 5.92 Å². The summed E-state index contributed by atoms with van der Waals surface area (Å²) in [5.74, 6) is 1.53. The van der Waals surface area contributed by atoms with Crippen LogP contribution in [0.25, 0.3) is 0 Å². The Bertz CT molecular complexity index is 183. The van der Waals surface area contributed by atoms with E-state index >= 15 is 0 Å². The molecule has 2 unspecified atom stereocenters. The normalized spacial score (nSPS) is 22.4. The Hall–Kier alpha value is 0.230. The Morgan fingerprint density at radius 3 is 2.73 bits per heavy atom. The molecule has 2 atom stereocenters. The number of aliphatic hydroxyl groups is 1. The second kappa shape index (κ2) is 6.09. The van der Waals surface area contributed by atoms with Crippen LogP contribution in [0.2, 0.25) is 0 Å². The van der Waals surface area contributed by atoms with Gasteiger partial charge in [-0.3, -0.25) is 0 Å². The molecule has 1 aliphatic carbocycles. The summed E-state index contributed by atoms with van der Waals surface area (Å²) < 4.78 is 5.18. The van der Waals surface area contributed by atoms with E-state index in [9.17, 15) is 5.11 Å². The fourth-order valence-corrected chi connectivity index (χ4v) is 2.48. The first kappa shape index (κ1) is 13.3. The lowest BCUT2D eigenvalue weighted by Crippen LogP contribution is -2.46. The van der Waals surface area contributed by atoms with Crippen LogP contribution >= 0.6 is 11.8 Å². The molecular weight excluding hydrogens is 210 g/mol. The standard InChI is InChI=1S/C11H23NO2S/c1-11(13,8-15-3)7-12-10(6-14-2)9-4-5-9/h9-10,12-13H,4-8H2,1-3H3. The van der Waals surface area contributed by atoms with Crippen molar-refractivity contribution in [2.75, 3.05) is 32.3 Å². The second-order valence-corrected chi connectivity index (χ2v) is 5.58. The minimum atomic E-state index is -0.611. The molecule has 1 saturated carbocycles. The molecule has 1 fully saturated rings. The fourth-order valence-electron chi connectivity index (χ4n) is 1.75. The molecule has 3 nitrogen and oxygen atoms in total. The quantitative estimate of drug-likeness (QED) is 0.659. The van der Waals surface area contributed by atoms with Gasteiger partial charge in [-0.25, -0.2) is 0 Å². The molecule has 0 radical (unpaired) electrons. The monoisotopic (exact) mass is 233 g/mol. The van der Waals surface area contributed by atoms with E-state index in [1.807, 2.05) is 13.2 Å². The molecular formula is C11H23NO2S. The van der Waals surface area contributed by atoms with E-state index in [2.05, 4.69) is 5.32 Å². The van der Waals surface area contributed by atoms with E-state index < -0.39 is 5.60 Å². The van der Waals surface area contributed by atoms with Gasteiger partial charge in [0.25, 0.3) is 0 Å². The predicted molar refractivity (Wildman–Crippen MR) is 65.4 cm³/mol. The molecule has 15 heavy (non-hydrogen) atoms. The van der Waals surface area contributed by atoms with Crippen molar-refractivity contribution < 1.29 is 9.84 Å². The summed E-state index contributed by atoms with van der Waals surface area (Å²) in [4.78, 5) is 0. The Morgan fingerprint density at radius 2 is 2.27 bits per heavy atom. The maximum Gasteiger partial charge on any atom is 0.0833 e. The van der Waals surface area contributed by atoms with Crippen molar-refractivity contribution in [3.63, 3.8) is 0 Å². The summed E-state index contributed by atoms with van der Waals surface area (Å²) >= 11 is 1.68. The van der Waals surface area contributed by atoms with Crippen LogP contribution in [0.1, 0.15) is 19.8 Å². The van der Waals surface area contributed by atoms with Crippen molar-refractivity contribution in [3.8, 4) is 0 Å². The molecule has 0 spiro atoms. The van der Waals surface area contributed by atoms with Crippen molar-refractivity contribution in [2.45, 2.75) is 31.4 Å². The summed E-state index contributed by atoms with van der Waals surface area (Å²) in [6, 6.07) is 0.420. The Morgan fingerprint density at radius 1 is 1.60 bits per heavy atom. The minimum Gasteiger partial charge on any atom is -0.388 e. The van der Waals surface area contributed by atoms with Gasteiger partial charge >= 0.3 is 0 Å². The predicted octanol–water partition coefficient (Wildman–Crippen LogP) is 1.12. The average Bonchev–Trinajstić information content (AvgIpc) is 2.95. The molecule has 1 aliphatic rings. The molecule has 0 bridgehead atoms. The summed E-state index contributed by atoms with van der Waals surface area (Å²) in [6.07, 6.45) is 4.61. The topological polar surface area (TPSA) is 41.5 Å². The van der Waals surface area contributed by atoms with E-state index in [1.54, 1.807) is 18.9 Å². The third-order valence-electron chi connectivity index (χ3n) is 2.74. The highest BCUT2D eigenvalue weighted by molar-refractivity contribution is 7.98. The van der Waals surface area contributed by atoms with Crippen LogP contribution in [-0.2, 0) is 4.74 Å². The molecule has 1 rings (SSSR count). The van der Waals surface area contributed by atoms with Gasteiger partial charge in [0, 0.05) is 25.4 Å². The van der Waals surface area contributed by atoms with Crippen molar-refractivity contribution in [1.82, 2.24) is 5.32 Å². The Kier molecular flexibility index (Phi) is 5.39. The lowest BCUT2D eigenvalue weighted by atomic mass is 10.1. The lowest BCUT2D eigenvalue weighted by molar-refractivity contribution is 0.0722. The first-order chi connectivity index (χ1) is 7.09. The van der Waals surface area contributed by atoms with E-state index in [-0.39, 0.29) is 0 Å². The molecule has 90 valence electrons. The highest BCUT2D eigenvalue weighted by Crippen LogP contribution is 2.32. The molecule has 0 saturated heterocycles. The molecule has 0 aromatic heterocycles. The van der Waals surface area contributed by atoms with Gasteiger partial charge in [-0.15, -0.1) is 0 Å². The maximum absolute atomic E-state index is 10.0. The van der Waals surface area contributed by atoms with Crippen molar-refractivity contribution in [1.29, 1.82) is 0 Å². The maximum atomic E-state index is 10.0. The number of hydrogen-bond donors (Lipinski definition) is 2. The van der Waals surface area contributed by atoms with Crippen LogP contribution in [0, 0.1) is 5.92 Å². The highest BCUT2D eigenvalue weighted by Gasteiger charge is 2.32. The zero-order chi connectivity index (χ0) is 11.3. The molecule has 0 aromatic carbocycles. The summed E-state index contributed by atoms with van der Waals surface area (Å²) in [5.41, 5.74) is -0.611. The van der Waals surface area contributed by atoms with Crippen LogP contribution < -0.4 is 5.32 Å². The summed E-state index contributed by atoms with van der Waals surface area (Å²) in [5, 5.41) is 13.4. The molecule has 0 heterocycles. The van der Waals surface area contributed by atoms with Crippen LogP contribution in [0.5, 0.6) is 0 Å². The van der Waals surface area contributed by atoms with Gasteiger partial charge in [-0.05, 0) is 31.9 Å². The molecule has 0 aromatic rings. The number of thioether (sulfide) groups is 1. The number of methoxy groups -OCH3 is 1. The van der Waals surface area contributed by atoms with Gasteiger partial charge in [0.15, 0.2) is 0 Å². The third-order valence-corrected chi connectivity index (χ3v) is 3.65. The van der Waals surface area contributed by atoms with E-state index in [0.29, 0.717) is 12.6 Å². The highest BCUT2D eigenvalue weighted by atomic mass is 32.2. The Labute approximate surface area is 97.0 Å². The van der Waals surface area contributed by atoms with E-state index in [1.165, 1.54) is 12.8 Å². The van der Waals surface area contributed by atoms with Gasteiger partial charge < -0.3 is 15.2 Å². The van der Waals surface area contributed by atoms with Gasteiger partial charge in [-0.1, -0.05) is 0 Å². The van der Waals surface area contributed by atoms with E-state index in [0.717, 1.165) is 18.3 Å². The van der Waals surface area contributed by atoms with Crippen LogP contribution in [0.3, 0.4) is 0 Å². The third kappa shape index (κ3) is 5.20. The zero-order valence-corrected chi connectivity index (χ0v) is 10.8. The smallest absolute Gasteiger partial charge is 0.0833 e.